The van der Waals surface area contributed by atoms with E-state index in [0.29, 0.717) is 25.1 Å². The third-order valence-corrected chi connectivity index (χ3v) is 5.03. The van der Waals surface area contributed by atoms with Crippen molar-refractivity contribution in [2.24, 2.45) is 5.92 Å². The van der Waals surface area contributed by atoms with E-state index in [9.17, 15) is 9.59 Å². The maximum Gasteiger partial charge on any atom is 0.227 e. The molecule has 5 nitrogen and oxygen atoms in total. The molecule has 0 spiro atoms. The highest BCUT2D eigenvalue weighted by Gasteiger charge is 2.29. The number of ketones is 1. The monoisotopic (exact) mass is 367 g/mol. The van der Waals surface area contributed by atoms with E-state index >= 15 is 0 Å². The van der Waals surface area contributed by atoms with Gasteiger partial charge in [-0.15, -0.1) is 0 Å². The first-order valence-corrected chi connectivity index (χ1v) is 9.19. The Hall–Kier alpha value is -2.82. The molecule has 0 N–H and O–H groups in total. The van der Waals surface area contributed by atoms with Crippen molar-refractivity contribution in [1.82, 2.24) is 4.90 Å². The highest BCUT2D eigenvalue weighted by molar-refractivity contribution is 5.98. The van der Waals surface area contributed by atoms with Gasteiger partial charge in [-0.3, -0.25) is 9.59 Å². The molecule has 142 valence electrons. The largest absolute Gasteiger partial charge is 0.497 e. The van der Waals surface area contributed by atoms with Crippen LogP contribution in [0.5, 0.6) is 11.5 Å². The van der Waals surface area contributed by atoms with Crippen LogP contribution < -0.4 is 9.47 Å². The summed E-state index contributed by atoms with van der Waals surface area (Å²) in [5, 5.41) is 0. The molecule has 1 unspecified atom stereocenters. The van der Waals surface area contributed by atoms with E-state index in [4.69, 9.17) is 9.47 Å². The molecule has 1 fully saturated rings. The number of rotatable bonds is 6. The quantitative estimate of drug-likeness (QED) is 0.735. The lowest BCUT2D eigenvalue weighted by Gasteiger charge is -2.32. The van der Waals surface area contributed by atoms with Crippen LogP contribution in [0.2, 0.25) is 0 Å². The van der Waals surface area contributed by atoms with Crippen molar-refractivity contribution in [3.05, 3.63) is 59.7 Å². The molecule has 1 heterocycles. The van der Waals surface area contributed by atoms with Crippen LogP contribution in [0, 0.1) is 5.92 Å². The van der Waals surface area contributed by atoms with Crippen molar-refractivity contribution >= 4 is 11.7 Å². The Morgan fingerprint density at radius 1 is 0.963 bits per heavy atom. The third-order valence-electron chi connectivity index (χ3n) is 5.03. The van der Waals surface area contributed by atoms with E-state index in [0.717, 1.165) is 29.9 Å². The highest BCUT2D eigenvalue weighted by Crippen LogP contribution is 2.23. The topological polar surface area (TPSA) is 55.8 Å². The third kappa shape index (κ3) is 4.67. The summed E-state index contributed by atoms with van der Waals surface area (Å²) in [6.07, 6.45) is 2.01. The SMILES string of the molecule is COc1ccc(CC(=O)N2CCCC(C(=O)c3ccc(OC)cc3)C2)cc1. The molecule has 0 saturated carbocycles. The number of ether oxygens (including phenoxy) is 2. The number of carbonyl (C=O) groups excluding carboxylic acids is 2. The highest BCUT2D eigenvalue weighted by atomic mass is 16.5. The van der Waals surface area contributed by atoms with Gasteiger partial charge in [0.25, 0.3) is 0 Å². The first kappa shape index (κ1) is 19.0. The number of piperidine rings is 1. The standard InChI is InChI=1S/C22H25NO4/c1-26-19-9-5-16(6-10-19)14-21(24)23-13-3-4-18(15-23)22(25)17-7-11-20(27-2)12-8-17/h5-12,18H,3-4,13-15H2,1-2H3. The summed E-state index contributed by atoms with van der Waals surface area (Å²) in [5.74, 6) is 1.51. The Morgan fingerprint density at radius 3 is 2.15 bits per heavy atom. The van der Waals surface area contributed by atoms with Gasteiger partial charge in [-0.1, -0.05) is 12.1 Å². The number of methoxy groups -OCH3 is 2. The van der Waals surface area contributed by atoms with E-state index in [1.165, 1.54) is 0 Å². The number of likely N-dealkylation sites (tertiary alicyclic amines) is 1. The van der Waals surface area contributed by atoms with Crippen molar-refractivity contribution < 1.29 is 19.1 Å². The minimum Gasteiger partial charge on any atom is -0.497 e. The molecule has 27 heavy (non-hydrogen) atoms. The molecule has 1 aliphatic rings. The predicted molar refractivity (Wildman–Crippen MR) is 103 cm³/mol. The number of benzene rings is 2. The van der Waals surface area contributed by atoms with Gasteiger partial charge in [-0.05, 0) is 54.8 Å². The van der Waals surface area contributed by atoms with Crippen LogP contribution in [0.15, 0.2) is 48.5 Å². The summed E-state index contributed by atoms with van der Waals surface area (Å²) in [4.78, 5) is 27.3. The minimum atomic E-state index is -0.146. The summed E-state index contributed by atoms with van der Waals surface area (Å²) in [6.45, 7) is 1.20. The molecule has 1 saturated heterocycles. The van der Waals surface area contributed by atoms with Gasteiger partial charge >= 0.3 is 0 Å². The van der Waals surface area contributed by atoms with Crippen LogP contribution in [0.4, 0.5) is 0 Å². The summed E-state index contributed by atoms with van der Waals surface area (Å²) >= 11 is 0. The Morgan fingerprint density at radius 2 is 1.56 bits per heavy atom. The Bertz CT molecular complexity index is 783. The van der Waals surface area contributed by atoms with Gasteiger partial charge in [0.2, 0.25) is 5.91 Å². The lowest BCUT2D eigenvalue weighted by Crippen LogP contribution is -2.43. The van der Waals surface area contributed by atoms with E-state index in [-0.39, 0.29) is 17.6 Å². The molecule has 0 aromatic heterocycles. The van der Waals surface area contributed by atoms with E-state index in [1.807, 2.05) is 29.2 Å². The molecule has 1 amide bonds. The van der Waals surface area contributed by atoms with Crippen molar-refractivity contribution in [3.8, 4) is 11.5 Å². The maximum atomic E-state index is 12.8. The van der Waals surface area contributed by atoms with E-state index in [2.05, 4.69) is 0 Å². The van der Waals surface area contributed by atoms with Gasteiger partial charge in [-0.25, -0.2) is 0 Å². The van der Waals surface area contributed by atoms with Gasteiger partial charge < -0.3 is 14.4 Å². The van der Waals surface area contributed by atoms with Crippen molar-refractivity contribution in [2.45, 2.75) is 19.3 Å². The molecular weight excluding hydrogens is 342 g/mol. The number of hydrogen-bond donors (Lipinski definition) is 0. The summed E-state index contributed by atoms with van der Waals surface area (Å²) in [6, 6.07) is 14.7. The molecule has 0 aliphatic carbocycles. The Labute approximate surface area is 159 Å². The van der Waals surface area contributed by atoms with Crippen molar-refractivity contribution in [1.29, 1.82) is 0 Å². The second-order valence-corrected chi connectivity index (χ2v) is 6.80. The zero-order chi connectivity index (χ0) is 19.2. The van der Waals surface area contributed by atoms with Gasteiger partial charge in [0.1, 0.15) is 11.5 Å². The van der Waals surface area contributed by atoms with Gasteiger partial charge in [0.15, 0.2) is 5.78 Å². The molecular formula is C22H25NO4. The molecule has 2 aromatic carbocycles. The van der Waals surface area contributed by atoms with E-state index < -0.39 is 0 Å². The summed E-state index contributed by atoms with van der Waals surface area (Å²) < 4.78 is 10.3. The lowest BCUT2D eigenvalue weighted by atomic mass is 9.89. The second-order valence-electron chi connectivity index (χ2n) is 6.80. The number of amides is 1. The van der Waals surface area contributed by atoms with Crippen LogP contribution in [-0.2, 0) is 11.2 Å². The van der Waals surface area contributed by atoms with Gasteiger partial charge in [0, 0.05) is 24.6 Å². The summed E-state index contributed by atoms with van der Waals surface area (Å²) in [5.41, 5.74) is 1.62. The maximum absolute atomic E-state index is 12.8. The zero-order valence-electron chi connectivity index (χ0n) is 15.8. The van der Waals surface area contributed by atoms with Crippen molar-refractivity contribution in [2.75, 3.05) is 27.3 Å². The average Bonchev–Trinajstić information content (AvgIpc) is 2.74. The summed E-state index contributed by atoms with van der Waals surface area (Å²) in [7, 11) is 3.22. The normalized spacial score (nSPS) is 16.7. The molecule has 0 bridgehead atoms. The molecule has 0 radical (unpaired) electrons. The Kier molecular flexibility index (Phi) is 6.12. The smallest absolute Gasteiger partial charge is 0.227 e. The lowest BCUT2D eigenvalue weighted by molar-refractivity contribution is -0.131. The molecule has 5 heteroatoms. The minimum absolute atomic E-state index is 0.0624. The van der Waals surface area contributed by atoms with Gasteiger partial charge in [-0.2, -0.15) is 0 Å². The van der Waals surface area contributed by atoms with Crippen LogP contribution in [0.3, 0.4) is 0 Å². The Balaban J connectivity index is 1.61. The number of carbonyl (C=O) groups is 2. The number of hydrogen-bond acceptors (Lipinski definition) is 4. The first-order valence-electron chi connectivity index (χ1n) is 9.19. The number of nitrogens with zero attached hydrogens (tertiary/aromatic N) is 1. The molecule has 3 rings (SSSR count). The second kappa shape index (κ2) is 8.71. The van der Waals surface area contributed by atoms with Crippen LogP contribution >= 0.6 is 0 Å². The van der Waals surface area contributed by atoms with Crippen LogP contribution in [0.25, 0.3) is 0 Å². The molecule has 1 aliphatic heterocycles. The van der Waals surface area contributed by atoms with Crippen LogP contribution in [-0.4, -0.2) is 43.9 Å². The molecule has 1 atom stereocenters. The van der Waals surface area contributed by atoms with E-state index in [1.54, 1.807) is 38.5 Å². The van der Waals surface area contributed by atoms with Crippen molar-refractivity contribution in [3.63, 3.8) is 0 Å². The fourth-order valence-electron chi connectivity index (χ4n) is 3.44. The number of Topliss-reactive ketones (excluding diaryl/α,β-unsaturated/α-hetero) is 1. The fraction of sp³-hybridized carbons (Fsp3) is 0.364. The zero-order valence-corrected chi connectivity index (χ0v) is 15.8. The van der Waals surface area contributed by atoms with Gasteiger partial charge in [0.05, 0.1) is 20.6 Å². The molecule has 2 aromatic rings. The fourth-order valence-corrected chi connectivity index (χ4v) is 3.44. The predicted octanol–water partition coefficient (Wildman–Crippen LogP) is 3.37. The average molecular weight is 367 g/mol. The van der Waals surface area contributed by atoms with Crippen LogP contribution in [0.1, 0.15) is 28.8 Å². The first-order chi connectivity index (χ1) is 13.1.